The minimum absolute atomic E-state index is 0.0599. The predicted molar refractivity (Wildman–Crippen MR) is 152 cm³/mol. The molecule has 0 bridgehead atoms. The lowest BCUT2D eigenvalue weighted by atomic mass is 10.1. The Morgan fingerprint density at radius 1 is 0.925 bits per heavy atom. The maximum Gasteiger partial charge on any atom is 0.322 e. The fourth-order valence-corrected chi connectivity index (χ4v) is 4.51. The van der Waals surface area contributed by atoms with E-state index in [1.165, 1.54) is 0 Å². The molecule has 1 aliphatic heterocycles. The number of carbonyl (C=O) groups is 2. The molecular formula is C30H38N4O6. The SMILES string of the molecule is COc1ccc(CCN(Cc2ccco2)C(=O)CN(CCN2CCOCC2)C(=O)Nc2ccccc2)cc1OC. The molecule has 0 radical (unpaired) electrons. The topological polar surface area (TPSA) is 96.7 Å². The van der Waals surface area contributed by atoms with E-state index in [9.17, 15) is 9.59 Å². The van der Waals surface area contributed by atoms with Crippen LogP contribution in [-0.4, -0.2) is 93.3 Å². The van der Waals surface area contributed by atoms with E-state index in [-0.39, 0.29) is 18.5 Å². The van der Waals surface area contributed by atoms with Crippen LogP contribution < -0.4 is 14.8 Å². The van der Waals surface area contributed by atoms with E-state index in [0.717, 1.165) is 18.7 Å². The summed E-state index contributed by atoms with van der Waals surface area (Å²) in [5.41, 5.74) is 1.68. The van der Waals surface area contributed by atoms with Gasteiger partial charge in [-0.1, -0.05) is 24.3 Å². The summed E-state index contributed by atoms with van der Waals surface area (Å²) in [6.07, 6.45) is 2.19. The van der Waals surface area contributed by atoms with Crippen LogP contribution in [0.5, 0.6) is 11.5 Å². The van der Waals surface area contributed by atoms with Gasteiger partial charge in [-0.25, -0.2) is 4.79 Å². The van der Waals surface area contributed by atoms with Gasteiger partial charge in [0, 0.05) is 38.4 Å². The van der Waals surface area contributed by atoms with Gasteiger partial charge in [0.05, 0.1) is 40.2 Å². The van der Waals surface area contributed by atoms with E-state index in [1.807, 2.05) is 54.6 Å². The summed E-state index contributed by atoms with van der Waals surface area (Å²) >= 11 is 0. The summed E-state index contributed by atoms with van der Waals surface area (Å²) < 4.78 is 21.8. The molecule has 10 nitrogen and oxygen atoms in total. The molecule has 0 atom stereocenters. The zero-order valence-electron chi connectivity index (χ0n) is 23.2. The summed E-state index contributed by atoms with van der Waals surface area (Å²) in [5.74, 6) is 1.79. The molecule has 0 aliphatic carbocycles. The van der Waals surface area contributed by atoms with Crippen LogP contribution in [0.1, 0.15) is 11.3 Å². The van der Waals surface area contributed by atoms with E-state index < -0.39 is 0 Å². The molecule has 1 aromatic heterocycles. The molecular weight excluding hydrogens is 512 g/mol. The summed E-state index contributed by atoms with van der Waals surface area (Å²) in [4.78, 5) is 32.6. The first-order valence-electron chi connectivity index (χ1n) is 13.5. The molecule has 40 heavy (non-hydrogen) atoms. The smallest absolute Gasteiger partial charge is 0.322 e. The fraction of sp³-hybridized carbons (Fsp3) is 0.400. The maximum atomic E-state index is 13.7. The number of hydrogen-bond donors (Lipinski definition) is 1. The van der Waals surface area contributed by atoms with Crippen LogP contribution in [-0.2, 0) is 22.5 Å². The lowest BCUT2D eigenvalue weighted by Crippen LogP contribution is -2.48. The third-order valence-corrected chi connectivity index (χ3v) is 6.83. The summed E-state index contributed by atoms with van der Waals surface area (Å²) in [6, 6.07) is 18.3. The van der Waals surface area contributed by atoms with Gasteiger partial charge in [0.25, 0.3) is 0 Å². The van der Waals surface area contributed by atoms with Gasteiger partial charge < -0.3 is 33.7 Å². The summed E-state index contributed by atoms with van der Waals surface area (Å²) in [5, 5.41) is 2.93. The van der Waals surface area contributed by atoms with Gasteiger partial charge in [-0.3, -0.25) is 9.69 Å². The molecule has 10 heteroatoms. The van der Waals surface area contributed by atoms with E-state index in [4.69, 9.17) is 18.6 Å². The number of anilines is 1. The second-order valence-corrected chi connectivity index (χ2v) is 9.51. The number of rotatable bonds is 13. The van der Waals surface area contributed by atoms with Crippen LogP contribution in [0.15, 0.2) is 71.3 Å². The number of amides is 3. The van der Waals surface area contributed by atoms with E-state index >= 15 is 0 Å². The van der Waals surface area contributed by atoms with Crippen LogP contribution in [0.3, 0.4) is 0 Å². The third-order valence-electron chi connectivity index (χ3n) is 6.83. The van der Waals surface area contributed by atoms with Crippen molar-refractivity contribution in [2.24, 2.45) is 0 Å². The number of carbonyl (C=O) groups excluding carboxylic acids is 2. The quantitative estimate of drug-likeness (QED) is 0.346. The predicted octanol–water partition coefficient (Wildman–Crippen LogP) is 3.73. The molecule has 3 amide bonds. The Labute approximate surface area is 235 Å². The summed E-state index contributed by atoms with van der Waals surface area (Å²) in [6.45, 7) is 4.69. The van der Waals surface area contributed by atoms with E-state index in [1.54, 1.807) is 36.3 Å². The molecule has 3 aromatic rings. The van der Waals surface area contributed by atoms with Crippen molar-refractivity contribution in [2.75, 3.05) is 72.0 Å². The number of benzene rings is 2. The molecule has 214 valence electrons. The lowest BCUT2D eigenvalue weighted by molar-refractivity contribution is -0.132. The molecule has 1 aliphatic rings. The Bertz CT molecular complexity index is 1200. The Morgan fingerprint density at radius 2 is 1.70 bits per heavy atom. The maximum absolute atomic E-state index is 13.7. The number of furan rings is 1. The highest BCUT2D eigenvalue weighted by molar-refractivity contribution is 5.92. The first-order valence-corrected chi connectivity index (χ1v) is 13.5. The number of urea groups is 1. The Hall–Kier alpha value is -4.02. The van der Waals surface area contributed by atoms with E-state index in [2.05, 4.69) is 10.2 Å². The molecule has 2 heterocycles. The zero-order chi connectivity index (χ0) is 28.2. The normalized spacial score (nSPS) is 13.4. The standard InChI is InChI=1S/C30H38N4O6/c1-37-27-11-10-24(21-28(27)38-2)12-13-33(22-26-9-6-18-40-26)29(35)23-34(15-14-32-16-19-39-20-17-32)30(36)31-25-7-4-3-5-8-25/h3-11,18,21H,12-17,19-20,22-23H2,1-2H3,(H,31,36). The van der Waals surface area contributed by atoms with Crippen molar-refractivity contribution in [3.05, 3.63) is 78.3 Å². The van der Waals surface area contributed by atoms with Gasteiger partial charge in [-0.2, -0.15) is 0 Å². The van der Waals surface area contributed by atoms with Crippen molar-refractivity contribution in [2.45, 2.75) is 13.0 Å². The van der Waals surface area contributed by atoms with Gasteiger partial charge in [0.1, 0.15) is 12.3 Å². The third kappa shape index (κ3) is 8.49. The molecule has 0 spiro atoms. The van der Waals surface area contributed by atoms with Crippen molar-refractivity contribution < 1.29 is 28.2 Å². The van der Waals surface area contributed by atoms with Gasteiger partial charge in [-0.15, -0.1) is 0 Å². The lowest BCUT2D eigenvalue weighted by Gasteiger charge is -2.31. The number of hydrogen-bond acceptors (Lipinski definition) is 7. The van der Waals surface area contributed by atoms with Crippen molar-refractivity contribution in [3.63, 3.8) is 0 Å². The Kier molecular flexibility index (Phi) is 10.8. The highest BCUT2D eigenvalue weighted by Gasteiger charge is 2.24. The van der Waals surface area contributed by atoms with Crippen molar-refractivity contribution >= 4 is 17.6 Å². The molecule has 1 fully saturated rings. The second-order valence-electron chi connectivity index (χ2n) is 9.51. The Balaban J connectivity index is 1.47. The number of morpholine rings is 1. The van der Waals surface area contributed by atoms with Crippen LogP contribution in [0.25, 0.3) is 0 Å². The van der Waals surface area contributed by atoms with Gasteiger partial charge in [0.2, 0.25) is 5.91 Å². The molecule has 1 N–H and O–H groups in total. The first kappa shape index (κ1) is 29.0. The number of methoxy groups -OCH3 is 2. The average molecular weight is 551 g/mol. The van der Waals surface area contributed by atoms with Crippen LogP contribution in [0.4, 0.5) is 10.5 Å². The zero-order valence-corrected chi connectivity index (χ0v) is 23.2. The molecule has 1 saturated heterocycles. The highest BCUT2D eigenvalue weighted by Crippen LogP contribution is 2.27. The fourth-order valence-electron chi connectivity index (χ4n) is 4.51. The number of nitrogens with zero attached hydrogens (tertiary/aromatic N) is 3. The monoisotopic (exact) mass is 550 g/mol. The number of ether oxygens (including phenoxy) is 3. The minimum atomic E-state index is -0.314. The Morgan fingerprint density at radius 3 is 2.40 bits per heavy atom. The van der Waals surface area contributed by atoms with Gasteiger partial charge >= 0.3 is 6.03 Å². The minimum Gasteiger partial charge on any atom is -0.493 e. The number of para-hydroxylation sites is 1. The van der Waals surface area contributed by atoms with E-state index in [0.29, 0.717) is 68.8 Å². The van der Waals surface area contributed by atoms with Crippen molar-refractivity contribution in [3.8, 4) is 11.5 Å². The summed E-state index contributed by atoms with van der Waals surface area (Å²) in [7, 11) is 3.19. The van der Waals surface area contributed by atoms with Gasteiger partial charge in [-0.05, 0) is 48.4 Å². The molecule has 0 unspecified atom stereocenters. The van der Waals surface area contributed by atoms with Crippen molar-refractivity contribution in [1.29, 1.82) is 0 Å². The van der Waals surface area contributed by atoms with Crippen LogP contribution >= 0.6 is 0 Å². The van der Waals surface area contributed by atoms with Crippen molar-refractivity contribution in [1.82, 2.24) is 14.7 Å². The molecule has 4 rings (SSSR count). The molecule has 2 aromatic carbocycles. The van der Waals surface area contributed by atoms with Crippen LogP contribution in [0, 0.1) is 0 Å². The van der Waals surface area contributed by atoms with Gasteiger partial charge in [0.15, 0.2) is 11.5 Å². The molecule has 0 saturated carbocycles. The van der Waals surface area contributed by atoms with Crippen LogP contribution in [0.2, 0.25) is 0 Å². The average Bonchev–Trinajstić information content (AvgIpc) is 3.51. The number of nitrogens with one attached hydrogen (secondary N) is 1. The first-order chi connectivity index (χ1) is 19.6. The highest BCUT2D eigenvalue weighted by atomic mass is 16.5. The largest absolute Gasteiger partial charge is 0.493 e. The second kappa shape index (κ2) is 14.9.